The van der Waals surface area contributed by atoms with E-state index < -0.39 is 28.5 Å². The molecule has 0 unspecified atom stereocenters. The predicted molar refractivity (Wildman–Crippen MR) is 155 cm³/mol. The first kappa shape index (κ1) is 24.4. The molecule has 4 aliphatic rings. The first-order valence-corrected chi connectivity index (χ1v) is 14.4. The maximum Gasteiger partial charge on any atom is 0.192 e. The van der Waals surface area contributed by atoms with Crippen LogP contribution in [0.4, 0.5) is 0 Å². The Kier molecular flexibility index (Phi) is 5.08. The summed E-state index contributed by atoms with van der Waals surface area (Å²) in [5.74, 6) is -1.76. The normalized spacial score (nSPS) is 27.4. The van der Waals surface area contributed by atoms with Crippen LogP contribution in [-0.2, 0) is 5.60 Å². The van der Waals surface area contributed by atoms with Gasteiger partial charge in [-0.1, -0.05) is 115 Å². The molecule has 1 spiro atoms. The third-order valence-corrected chi connectivity index (χ3v) is 10.2. The average molecular weight is 537 g/mol. The molecule has 0 aromatic heterocycles. The summed E-state index contributed by atoms with van der Waals surface area (Å²) >= 11 is 0. The predicted octanol–water partition coefficient (Wildman–Crippen LogP) is 6.81. The molecule has 4 nitrogen and oxygen atoms in total. The zero-order valence-corrected chi connectivity index (χ0v) is 22.4. The fourth-order valence-electron chi connectivity index (χ4n) is 8.66. The van der Waals surface area contributed by atoms with Crippen molar-refractivity contribution in [2.45, 2.75) is 36.7 Å². The van der Waals surface area contributed by atoms with Crippen LogP contribution in [0.5, 0.6) is 0 Å². The van der Waals surface area contributed by atoms with Crippen molar-refractivity contribution in [3.05, 3.63) is 154 Å². The highest BCUT2D eigenvalue weighted by Gasteiger charge is 2.76. The highest BCUT2D eigenvalue weighted by atomic mass is 16.3. The summed E-state index contributed by atoms with van der Waals surface area (Å²) in [6, 6.07) is 33.9. The Hall–Kier alpha value is -4.41. The van der Waals surface area contributed by atoms with Gasteiger partial charge in [-0.15, -0.1) is 0 Å². The molecular weight excluding hydrogens is 508 g/mol. The Labute approximate surface area is 238 Å². The van der Waals surface area contributed by atoms with Gasteiger partial charge >= 0.3 is 0 Å². The molecule has 41 heavy (non-hydrogen) atoms. The summed E-state index contributed by atoms with van der Waals surface area (Å²) in [7, 11) is 0. The molecule has 0 radical (unpaired) electrons. The van der Waals surface area contributed by atoms with Crippen LogP contribution in [0.15, 0.2) is 120 Å². The summed E-state index contributed by atoms with van der Waals surface area (Å²) in [5, 5.41) is 13.2. The van der Waals surface area contributed by atoms with E-state index in [1.807, 2.05) is 48.5 Å². The molecule has 0 amide bonds. The van der Waals surface area contributed by atoms with Crippen LogP contribution in [0.2, 0.25) is 0 Å². The number of aliphatic hydroxyl groups is 1. The van der Waals surface area contributed by atoms with E-state index in [0.29, 0.717) is 35.1 Å². The number of rotatable bonds is 2. The van der Waals surface area contributed by atoms with Gasteiger partial charge in [0, 0.05) is 33.7 Å². The summed E-state index contributed by atoms with van der Waals surface area (Å²) in [4.78, 5) is 44.2. The van der Waals surface area contributed by atoms with Gasteiger partial charge in [-0.3, -0.25) is 14.4 Å². The van der Waals surface area contributed by atoms with Gasteiger partial charge in [0.1, 0.15) is 11.0 Å². The van der Waals surface area contributed by atoms with Gasteiger partial charge < -0.3 is 5.11 Å². The van der Waals surface area contributed by atoms with E-state index in [1.54, 1.807) is 48.5 Å². The van der Waals surface area contributed by atoms with Gasteiger partial charge in [0.05, 0.1) is 0 Å². The van der Waals surface area contributed by atoms with Crippen molar-refractivity contribution in [2.75, 3.05) is 0 Å². The molecule has 4 heteroatoms. The lowest BCUT2D eigenvalue weighted by atomic mass is 9.46. The second kappa shape index (κ2) is 8.55. The minimum absolute atomic E-state index is 0.202. The Morgan fingerprint density at radius 3 is 1.80 bits per heavy atom. The van der Waals surface area contributed by atoms with E-state index in [2.05, 4.69) is 12.1 Å². The number of carbonyl (C=O) groups is 3. The largest absolute Gasteiger partial charge is 0.379 e. The van der Waals surface area contributed by atoms with Crippen LogP contribution >= 0.6 is 0 Å². The number of Topliss-reactive ketones (excluding diaryl/α,β-unsaturated/α-hetero) is 3. The lowest BCUT2D eigenvalue weighted by Gasteiger charge is -2.55. The van der Waals surface area contributed by atoms with Crippen LogP contribution in [0.3, 0.4) is 0 Å². The van der Waals surface area contributed by atoms with Crippen molar-refractivity contribution < 1.29 is 19.5 Å². The Morgan fingerprint density at radius 2 is 1.17 bits per heavy atom. The highest BCUT2D eigenvalue weighted by molar-refractivity contribution is 6.33. The SMILES string of the molecule is O=C1C2=C3CC[C@H](c4ccccc4)C[C@@H]3[C@@H](c3ccccc3)C3(C(=O)c4ccccc4C3=O)[C@@]2(O)c2ccccc21. The third-order valence-electron chi connectivity index (χ3n) is 10.2. The summed E-state index contributed by atoms with van der Waals surface area (Å²) in [5.41, 5.74) is 0.631. The smallest absolute Gasteiger partial charge is 0.192 e. The highest BCUT2D eigenvalue weighted by Crippen LogP contribution is 2.70. The van der Waals surface area contributed by atoms with Crippen molar-refractivity contribution in [1.82, 2.24) is 0 Å². The number of hydrogen-bond donors (Lipinski definition) is 1. The molecule has 4 aromatic rings. The van der Waals surface area contributed by atoms with Crippen molar-refractivity contribution in [3.8, 4) is 0 Å². The number of fused-ring (bicyclic) bond motifs is 6. The Balaban J connectivity index is 1.48. The minimum atomic E-state index is -2.07. The maximum atomic E-state index is 14.9. The zero-order valence-electron chi connectivity index (χ0n) is 22.4. The van der Waals surface area contributed by atoms with E-state index in [4.69, 9.17) is 0 Å². The first-order chi connectivity index (χ1) is 20.0. The molecule has 1 N–H and O–H groups in total. The molecule has 8 rings (SSSR count). The molecule has 4 atom stereocenters. The lowest BCUT2D eigenvalue weighted by Crippen LogP contribution is -2.61. The molecule has 0 aliphatic heterocycles. The maximum absolute atomic E-state index is 14.9. The van der Waals surface area contributed by atoms with Gasteiger partial charge in [-0.2, -0.15) is 0 Å². The van der Waals surface area contributed by atoms with E-state index in [1.165, 1.54) is 5.56 Å². The van der Waals surface area contributed by atoms with Gasteiger partial charge in [0.25, 0.3) is 0 Å². The van der Waals surface area contributed by atoms with Crippen LogP contribution < -0.4 is 0 Å². The van der Waals surface area contributed by atoms with Crippen molar-refractivity contribution in [1.29, 1.82) is 0 Å². The number of carbonyl (C=O) groups excluding carboxylic acids is 3. The second-order valence-corrected chi connectivity index (χ2v) is 11.9. The Morgan fingerprint density at radius 1 is 0.634 bits per heavy atom. The topological polar surface area (TPSA) is 71.4 Å². The van der Waals surface area contributed by atoms with Gasteiger partial charge in [-0.25, -0.2) is 0 Å². The van der Waals surface area contributed by atoms with Crippen LogP contribution in [0.1, 0.15) is 78.9 Å². The van der Waals surface area contributed by atoms with E-state index in [-0.39, 0.29) is 23.2 Å². The molecule has 0 bridgehead atoms. The fourth-order valence-corrected chi connectivity index (χ4v) is 8.66. The van der Waals surface area contributed by atoms with E-state index in [9.17, 15) is 19.5 Å². The molecule has 1 saturated carbocycles. The summed E-state index contributed by atoms with van der Waals surface area (Å²) in [6.45, 7) is 0. The number of benzene rings is 4. The quantitative estimate of drug-likeness (QED) is 0.286. The van der Waals surface area contributed by atoms with Crippen molar-refractivity contribution >= 4 is 17.3 Å². The molecule has 0 heterocycles. The molecule has 0 saturated heterocycles. The van der Waals surface area contributed by atoms with E-state index >= 15 is 0 Å². The lowest BCUT2D eigenvalue weighted by molar-refractivity contribution is -0.0519. The molecular formula is C37H28O4. The summed E-state index contributed by atoms with van der Waals surface area (Å²) < 4.78 is 0. The monoisotopic (exact) mass is 536 g/mol. The van der Waals surface area contributed by atoms with Crippen molar-refractivity contribution in [3.63, 3.8) is 0 Å². The molecule has 4 aliphatic carbocycles. The van der Waals surface area contributed by atoms with Crippen LogP contribution in [0, 0.1) is 11.3 Å². The van der Waals surface area contributed by atoms with Gasteiger partial charge in [0.15, 0.2) is 17.3 Å². The molecule has 1 fully saturated rings. The second-order valence-electron chi connectivity index (χ2n) is 11.9. The third kappa shape index (κ3) is 2.90. The summed E-state index contributed by atoms with van der Waals surface area (Å²) in [6.07, 6.45) is 2.13. The molecule has 200 valence electrons. The van der Waals surface area contributed by atoms with Gasteiger partial charge in [0.2, 0.25) is 0 Å². The number of ketones is 3. The fraction of sp³-hybridized carbons (Fsp3) is 0.216. The molecule has 4 aromatic carbocycles. The van der Waals surface area contributed by atoms with E-state index in [0.717, 1.165) is 17.6 Å². The average Bonchev–Trinajstić information content (AvgIpc) is 3.40. The minimum Gasteiger partial charge on any atom is -0.379 e. The van der Waals surface area contributed by atoms with Crippen LogP contribution in [-0.4, -0.2) is 22.5 Å². The Bertz CT molecular complexity index is 1770. The number of hydrogen-bond acceptors (Lipinski definition) is 4. The first-order valence-electron chi connectivity index (χ1n) is 14.4. The standard InChI is InChI=1S/C37H28O4/c38-33-28-17-9-10-18-30(28)37(41)32(33)25-20-19-24(22-11-3-1-4-12-22)21-29(25)31(23-13-5-2-6-14-23)36(37)34(39)26-15-7-8-16-27(26)35(36)40/h1-18,24,29,31,41H,19-21H2/t24-,29-,31+,37+/m0/s1. The number of allylic oxidation sites excluding steroid dienone is 1. The van der Waals surface area contributed by atoms with Gasteiger partial charge in [-0.05, 0) is 42.2 Å². The zero-order chi connectivity index (χ0) is 27.9. The van der Waals surface area contributed by atoms with Crippen molar-refractivity contribution in [2.24, 2.45) is 11.3 Å². The van der Waals surface area contributed by atoms with Crippen LogP contribution in [0.25, 0.3) is 0 Å².